The van der Waals surface area contributed by atoms with Gasteiger partial charge in [-0.3, -0.25) is 14.7 Å². The quantitative estimate of drug-likeness (QED) is 0.786. The van der Waals surface area contributed by atoms with Crippen LogP contribution in [0.4, 0.5) is 0 Å². The maximum absolute atomic E-state index is 13.0. The number of hydrogen-bond acceptors (Lipinski definition) is 4. The Hall–Kier alpha value is -2.67. The van der Waals surface area contributed by atoms with E-state index in [1.807, 2.05) is 40.6 Å². The molecule has 3 aromatic rings. The van der Waals surface area contributed by atoms with Crippen LogP contribution in [0.1, 0.15) is 40.8 Å². The number of likely N-dealkylation sites (tertiary alicyclic amines) is 1. The number of H-pyrrole nitrogens is 1. The van der Waals surface area contributed by atoms with E-state index in [9.17, 15) is 9.59 Å². The van der Waals surface area contributed by atoms with E-state index in [0.29, 0.717) is 17.9 Å². The lowest BCUT2D eigenvalue weighted by molar-refractivity contribution is 0.0604. The van der Waals surface area contributed by atoms with Crippen molar-refractivity contribution in [2.45, 2.75) is 25.3 Å². The Kier molecular flexibility index (Phi) is 4.23. The largest absolute Gasteiger partial charge is 0.328 e. The number of amides is 1. The van der Waals surface area contributed by atoms with Gasteiger partial charge in [0.05, 0.1) is 11.7 Å². The molecule has 0 unspecified atom stereocenters. The van der Waals surface area contributed by atoms with Crippen LogP contribution in [0.2, 0.25) is 0 Å². The van der Waals surface area contributed by atoms with Crippen LogP contribution in [0, 0.1) is 0 Å². The van der Waals surface area contributed by atoms with Crippen molar-refractivity contribution in [2.24, 2.45) is 0 Å². The first-order valence-electron chi connectivity index (χ1n) is 8.32. The van der Waals surface area contributed by atoms with E-state index >= 15 is 0 Å². The Balaban J connectivity index is 1.65. The van der Waals surface area contributed by atoms with Crippen molar-refractivity contribution in [3.8, 4) is 5.69 Å². The summed E-state index contributed by atoms with van der Waals surface area (Å²) < 4.78 is 1.40. The van der Waals surface area contributed by atoms with Crippen LogP contribution < -0.4 is 5.56 Å². The van der Waals surface area contributed by atoms with E-state index in [1.54, 1.807) is 17.5 Å². The summed E-state index contributed by atoms with van der Waals surface area (Å²) in [7, 11) is 0. The van der Waals surface area contributed by atoms with Crippen LogP contribution in [0.15, 0.2) is 52.8 Å². The Bertz CT molecular complexity index is 914. The van der Waals surface area contributed by atoms with Crippen LogP contribution >= 0.6 is 11.3 Å². The molecule has 7 heteroatoms. The van der Waals surface area contributed by atoms with E-state index in [0.717, 1.165) is 24.3 Å². The number of carbonyl (C=O) groups excluding carboxylic acids is 1. The molecule has 1 amide bonds. The predicted molar refractivity (Wildman–Crippen MR) is 96.1 cm³/mol. The van der Waals surface area contributed by atoms with Gasteiger partial charge in [-0.25, -0.2) is 9.67 Å². The summed E-state index contributed by atoms with van der Waals surface area (Å²) in [5.41, 5.74) is 0.788. The molecule has 0 aliphatic carbocycles. The van der Waals surface area contributed by atoms with Crippen LogP contribution in [0.5, 0.6) is 0 Å². The highest BCUT2D eigenvalue weighted by molar-refractivity contribution is 7.09. The number of aromatic amines is 1. The molecule has 1 fully saturated rings. The molecule has 1 atom stereocenters. The molecule has 1 saturated heterocycles. The number of piperidine rings is 1. The lowest BCUT2D eigenvalue weighted by atomic mass is 10.0. The van der Waals surface area contributed by atoms with Gasteiger partial charge >= 0.3 is 0 Å². The Morgan fingerprint density at radius 2 is 2.08 bits per heavy atom. The van der Waals surface area contributed by atoms with E-state index in [1.165, 1.54) is 10.7 Å². The van der Waals surface area contributed by atoms with E-state index in [2.05, 4.69) is 10.1 Å². The monoisotopic (exact) mass is 354 g/mol. The third-order valence-corrected chi connectivity index (χ3v) is 5.34. The lowest BCUT2D eigenvalue weighted by Gasteiger charge is -2.34. The summed E-state index contributed by atoms with van der Waals surface area (Å²) in [5.74, 6) is -0.147. The van der Waals surface area contributed by atoms with Crippen molar-refractivity contribution in [1.82, 2.24) is 19.7 Å². The maximum atomic E-state index is 13.0. The molecule has 128 valence electrons. The van der Waals surface area contributed by atoms with Gasteiger partial charge in [-0.15, -0.1) is 11.3 Å². The molecule has 0 saturated carbocycles. The summed E-state index contributed by atoms with van der Waals surface area (Å²) in [6.07, 6.45) is 4.72. The average molecular weight is 354 g/mol. The predicted octanol–water partition coefficient (Wildman–Crippen LogP) is 2.99. The number of para-hydroxylation sites is 1. The summed E-state index contributed by atoms with van der Waals surface area (Å²) in [5, 5.41) is 5.84. The molecule has 0 bridgehead atoms. The van der Waals surface area contributed by atoms with Gasteiger partial charge in [0.2, 0.25) is 0 Å². The topological polar surface area (TPSA) is 71.0 Å². The van der Waals surface area contributed by atoms with Gasteiger partial charge in [-0.1, -0.05) is 18.2 Å². The molecule has 0 radical (unpaired) electrons. The Morgan fingerprint density at radius 1 is 1.24 bits per heavy atom. The van der Waals surface area contributed by atoms with Crippen molar-refractivity contribution in [1.29, 1.82) is 0 Å². The van der Waals surface area contributed by atoms with Gasteiger partial charge in [0.25, 0.3) is 11.5 Å². The first-order chi connectivity index (χ1) is 12.2. The zero-order chi connectivity index (χ0) is 17.2. The summed E-state index contributed by atoms with van der Waals surface area (Å²) in [6, 6.07) is 10.6. The van der Waals surface area contributed by atoms with E-state index in [4.69, 9.17) is 0 Å². The number of thiazole rings is 1. The third kappa shape index (κ3) is 3.02. The van der Waals surface area contributed by atoms with Gasteiger partial charge < -0.3 is 4.90 Å². The highest BCUT2D eigenvalue weighted by atomic mass is 32.1. The fraction of sp³-hybridized carbons (Fsp3) is 0.278. The van der Waals surface area contributed by atoms with Gasteiger partial charge in [0, 0.05) is 24.2 Å². The van der Waals surface area contributed by atoms with Gasteiger partial charge in [-0.05, 0) is 31.4 Å². The number of nitrogens with zero attached hydrogens (tertiary/aromatic N) is 3. The van der Waals surface area contributed by atoms with Crippen molar-refractivity contribution in [3.05, 3.63) is 69.0 Å². The number of rotatable bonds is 3. The number of aromatic nitrogens is 3. The summed E-state index contributed by atoms with van der Waals surface area (Å²) >= 11 is 1.57. The molecule has 1 aliphatic heterocycles. The summed E-state index contributed by atoms with van der Waals surface area (Å²) in [4.78, 5) is 31.5. The van der Waals surface area contributed by atoms with E-state index in [-0.39, 0.29) is 17.5 Å². The fourth-order valence-corrected chi connectivity index (χ4v) is 4.04. The van der Waals surface area contributed by atoms with Crippen LogP contribution in [-0.2, 0) is 0 Å². The molecule has 3 heterocycles. The first-order valence-corrected chi connectivity index (χ1v) is 9.20. The highest BCUT2D eigenvalue weighted by Crippen LogP contribution is 2.32. The maximum Gasteiger partial charge on any atom is 0.272 e. The fourth-order valence-electron chi connectivity index (χ4n) is 3.26. The molecular weight excluding hydrogens is 336 g/mol. The van der Waals surface area contributed by atoms with Crippen LogP contribution in [-0.4, -0.2) is 32.1 Å². The number of benzene rings is 1. The summed E-state index contributed by atoms with van der Waals surface area (Å²) in [6.45, 7) is 0.682. The second kappa shape index (κ2) is 6.68. The van der Waals surface area contributed by atoms with Gasteiger partial charge in [0.15, 0.2) is 0 Å². The highest BCUT2D eigenvalue weighted by Gasteiger charge is 2.31. The number of carbonyl (C=O) groups is 1. The number of hydrogen-bond donors (Lipinski definition) is 1. The van der Waals surface area contributed by atoms with Crippen molar-refractivity contribution < 1.29 is 4.79 Å². The zero-order valence-corrected chi connectivity index (χ0v) is 14.4. The molecule has 6 nitrogen and oxygen atoms in total. The zero-order valence-electron chi connectivity index (χ0n) is 13.6. The standard InChI is InChI=1S/C18H18N4O2S/c23-16-12-14(20-22(16)13-6-2-1-3-7-13)18(24)21-10-5-4-8-15(21)17-19-9-11-25-17/h1-3,6-7,9,11-12,15,20H,4-5,8,10H2/t15-/m0/s1. The van der Waals surface area contributed by atoms with Gasteiger partial charge in [-0.2, -0.15) is 0 Å². The molecule has 4 rings (SSSR count). The molecule has 1 aromatic carbocycles. The van der Waals surface area contributed by atoms with Crippen LogP contribution in [0.25, 0.3) is 5.69 Å². The smallest absolute Gasteiger partial charge is 0.272 e. The Labute approximate surface area is 148 Å². The normalized spacial score (nSPS) is 17.6. The molecular formula is C18H18N4O2S. The molecule has 2 aromatic heterocycles. The van der Waals surface area contributed by atoms with Gasteiger partial charge in [0.1, 0.15) is 10.7 Å². The van der Waals surface area contributed by atoms with Crippen LogP contribution in [0.3, 0.4) is 0 Å². The van der Waals surface area contributed by atoms with Crippen molar-refractivity contribution >= 4 is 17.2 Å². The SMILES string of the molecule is O=C(c1cc(=O)n(-c2ccccc2)[nH]1)N1CCCC[C@H]1c1nccs1. The second-order valence-electron chi connectivity index (χ2n) is 6.06. The minimum atomic E-state index is -0.239. The number of nitrogens with one attached hydrogen (secondary N) is 1. The average Bonchev–Trinajstić information content (AvgIpc) is 3.32. The molecule has 1 aliphatic rings. The minimum Gasteiger partial charge on any atom is -0.328 e. The third-order valence-electron chi connectivity index (χ3n) is 4.47. The Morgan fingerprint density at radius 3 is 2.84 bits per heavy atom. The van der Waals surface area contributed by atoms with Crippen molar-refractivity contribution in [3.63, 3.8) is 0 Å². The first kappa shape index (κ1) is 15.8. The van der Waals surface area contributed by atoms with Crippen molar-refractivity contribution in [2.75, 3.05) is 6.54 Å². The molecule has 25 heavy (non-hydrogen) atoms. The molecule has 0 spiro atoms. The molecule has 1 N–H and O–H groups in total. The van der Waals surface area contributed by atoms with E-state index < -0.39 is 0 Å². The second-order valence-corrected chi connectivity index (χ2v) is 6.99. The minimum absolute atomic E-state index is 0.00942. The lowest BCUT2D eigenvalue weighted by Crippen LogP contribution is -2.38.